The molecule has 1 aromatic heterocycles. The van der Waals surface area contributed by atoms with Crippen LogP contribution in [0.15, 0.2) is 85.1 Å². The van der Waals surface area contributed by atoms with Crippen molar-refractivity contribution in [3.63, 3.8) is 0 Å². The molecule has 0 unspecified atom stereocenters. The number of nitrogens with zero attached hydrogens (tertiary/aromatic N) is 2. The fourth-order valence-corrected chi connectivity index (χ4v) is 4.56. The third-order valence-electron chi connectivity index (χ3n) is 6.35. The predicted octanol–water partition coefficient (Wildman–Crippen LogP) is 5.71. The van der Waals surface area contributed by atoms with Gasteiger partial charge in [-0.25, -0.2) is 0 Å². The van der Waals surface area contributed by atoms with Crippen molar-refractivity contribution in [3.8, 4) is 11.5 Å². The molecule has 4 aromatic rings. The van der Waals surface area contributed by atoms with Crippen molar-refractivity contribution in [2.75, 3.05) is 32.7 Å². The Morgan fingerprint density at radius 1 is 0.750 bits per heavy atom. The molecule has 4 nitrogen and oxygen atoms in total. The van der Waals surface area contributed by atoms with E-state index in [9.17, 15) is 0 Å². The molecule has 0 bridgehead atoms. The van der Waals surface area contributed by atoms with Gasteiger partial charge in [-0.15, -0.1) is 0 Å². The molecule has 0 spiro atoms. The van der Waals surface area contributed by atoms with E-state index in [1.807, 2.05) is 36.4 Å². The van der Waals surface area contributed by atoms with E-state index in [2.05, 4.69) is 63.4 Å². The molecule has 0 saturated carbocycles. The highest BCUT2D eigenvalue weighted by Crippen LogP contribution is 2.28. The summed E-state index contributed by atoms with van der Waals surface area (Å²) in [5, 5.41) is 1.27. The number of nitrogens with one attached hydrogen (secondary N) is 1. The molecule has 5 rings (SSSR count). The average Bonchev–Trinajstić information content (AvgIpc) is 3.24. The SMILES string of the molecule is c1ccc(CN2CCN(CCCc3c[nH]c4ccc(Oc5ccccc5)cc34)CC2)cc1. The number of hydrogen-bond acceptors (Lipinski definition) is 3. The summed E-state index contributed by atoms with van der Waals surface area (Å²) in [5.41, 5.74) is 3.96. The molecule has 0 aliphatic carbocycles. The Morgan fingerprint density at radius 3 is 2.25 bits per heavy atom. The number of para-hydroxylation sites is 1. The normalized spacial score (nSPS) is 15.2. The van der Waals surface area contributed by atoms with Crippen molar-refractivity contribution in [1.82, 2.24) is 14.8 Å². The van der Waals surface area contributed by atoms with Gasteiger partial charge >= 0.3 is 0 Å². The van der Waals surface area contributed by atoms with Gasteiger partial charge in [0.15, 0.2) is 0 Å². The van der Waals surface area contributed by atoms with Crippen molar-refractivity contribution in [2.45, 2.75) is 19.4 Å². The molecule has 32 heavy (non-hydrogen) atoms. The highest BCUT2D eigenvalue weighted by Gasteiger charge is 2.16. The Kier molecular flexibility index (Phi) is 6.52. The van der Waals surface area contributed by atoms with Crippen LogP contribution in [0.1, 0.15) is 17.5 Å². The Hall–Kier alpha value is -3.08. The van der Waals surface area contributed by atoms with Crippen molar-refractivity contribution in [3.05, 3.63) is 96.2 Å². The molecule has 0 atom stereocenters. The minimum Gasteiger partial charge on any atom is -0.457 e. The zero-order valence-corrected chi connectivity index (χ0v) is 18.5. The van der Waals surface area contributed by atoms with Gasteiger partial charge in [0, 0.05) is 49.8 Å². The molecule has 1 fully saturated rings. The number of benzene rings is 3. The maximum Gasteiger partial charge on any atom is 0.128 e. The second kappa shape index (κ2) is 10.0. The first kappa shape index (κ1) is 20.8. The number of aryl methyl sites for hydroxylation is 1. The third kappa shape index (κ3) is 5.21. The first-order chi connectivity index (χ1) is 15.8. The van der Waals surface area contributed by atoms with Gasteiger partial charge in [0.25, 0.3) is 0 Å². The molecule has 2 heterocycles. The van der Waals surface area contributed by atoms with Gasteiger partial charge in [0.2, 0.25) is 0 Å². The number of H-pyrrole nitrogens is 1. The van der Waals surface area contributed by atoms with E-state index < -0.39 is 0 Å². The highest BCUT2D eigenvalue weighted by atomic mass is 16.5. The largest absolute Gasteiger partial charge is 0.457 e. The van der Waals surface area contributed by atoms with Crippen LogP contribution in [0.4, 0.5) is 0 Å². The lowest BCUT2D eigenvalue weighted by Gasteiger charge is -2.34. The van der Waals surface area contributed by atoms with Gasteiger partial charge in [-0.1, -0.05) is 48.5 Å². The van der Waals surface area contributed by atoms with E-state index in [-0.39, 0.29) is 0 Å². The van der Waals surface area contributed by atoms with Crippen LogP contribution < -0.4 is 4.74 Å². The fraction of sp³-hybridized carbons (Fsp3) is 0.286. The summed E-state index contributed by atoms with van der Waals surface area (Å²) in [4.78, 5) is 8.60. The maximum absolute atomic E-state index is 6.04. The molecule has 1 aliphatic rings. The summed E-state index contributed by atoms with van der Waals surface area (Å²) in [5.74, 6) is 1.76. The molecule has 1 aliphatic heterocycles. The van der Waals surface area contributed by atoms with Crippen LogP contribution in [-0.2, 0) is 13.0 Å². The molecule has 3 aromatic carbocycles. The van der Waals surface area contributed by atoms with Gasteiger partial charge in [-0.2, -0.15) is 0 Å². The number of piperazine rings is 1. The third-order valence-corrected chi connectivity index (χ3v) is 6.35. The first-order valence-electron chi connectivity index (χ1n) is 11.6. The second-order valence-corrected chi connectivity index (χ2v) is 8.64. The molecule has 0 amide bonds. The van der Waals surface area contributed by atoms with Crippen molar-refractivity contribution >= 4 is 10.9 Å². The predicted molar refractivity (Wildman–Crippen MR) is 131 cm³/mol. The van der Waals surface area contributed by atoms with Crippen LogP contribution in [0.25, 0.3) is 10.9 Å². The van der Waals surface area contributed by atoms with Gasteiger partial charge in [-0.05, 0) is 60.8 Å². The molecule has 1 saturated heterocycles. The number of fused-ring (bicyclic) bond motifs is 1. The average molecular weight is 426 g/mol. The Balaban J connectivity index is 1.12. The van der Waals surface area contributed by atoms with Crippen LogP contribution in [0.2, 0.25) is 0 Å². The lowest BCUT2D eigenvalue weighted by molar-refractivity contribution is 0.126. The van der Waals surface area contributed by atoms with Crippen molar-refractivity contribution in [1.29, 1.82) is 0 Å². The lowest BCUT2D eigenvalue weighted by atomic mass is 10.1. The summed E-state index contributed by atoms with van der Waals surface area (Å²) in [6.45, 7) is 6.86. The summed E-state index contributed by atoms with van der Waals surface area (Å²) in [7, 11) is 0. The summed E-state index contributed by atoms with van der Waals surface area (Å²) in [6.07, 6.45) is 4.42. The minimum absolute atomic E-state index is 0.871. The van der Waals surface area contributed by atoms with E-state index in [4.69, 9.17) is 4.74 Å². The zero-order valence-electron chi connectivity index (χ0n) is 18.5. The van der Waals surface area contributed by atoms with Crippen LogP contribution in [0.3, 0.4) is 0 Å². The summed E-state index contributed by atoms with van der Waals surface area (Å²) in [6, 6.07) is 27.1. The second-order valence-electron chi connectivity index (χ2n) is 8.64. The van der Waals surface area contributed by atoms with Crippen molar-refractivity contribution in [2.24, 2.45) is 0 Å². The minimum atomic E-state index is 0.871. The summed E-state index contributed by atoms with van der Waals surface area (Å²) < 4.78 is 6.04. The van der Waals surface area contributed by atoms with E-state index in [1.54, 1.807) is 0 Å². The number of ether oxygens (including phenoxy) is 1. The van der Waals surface area contributed by atoms with Gasteiger partial charge in [0.1, 0.15) is 11.5 Å². The Bertz CT molecular complexity index is 1120. The van der Waals surface area contributed by atoms with E-state index in [1.165, 1.54) is 28.5 Å². The first-order valence-corrected chi connectivity index (χ1v) is 11.6. The van der Waals surface area contributed by atoms with Gasteiger partial charge in [0.05, 0.1) is 0 Å². The fourth-order valence-electron chi connectivity index (χ4n) is 4.56. The standard InChI is InChI=1S/C28H31N3O/c1-3-8-23(9-4-1)22-31-18-16-30(17-19-31)15-7-10-24-21-29-28-14-13-26(20-27(24)28)32-25-11-5-2-6-12-25/h1-6,8-9,11-14,20-21,29H,7,10,15-19,22H2. The van der Waals surface area contributed by atoms with Crippen LogP contribution in [-0.4, -0.2) is 47.5 Å². The maximum atomic E-state index is 6.04. The van der Waals surface area contributed by atoms with E-state index in [0.717, 1.165) is 57.2 Å². The quantitative estimate of drug-likeness (QED) is 0.392. The van der Waals surface area contributed by atoms with Gasteiger partial charge in [-0.3, -0.25) is 4.90 Å². The van der Waals surface area contributed by atoms with Crippen molar-refractivity contribution < 1.29 is 4.74 Å². The molecule has 4 heteroatoms. The van der Waals surface area contributed by atoms with Crippen LogP contribution in [0.5, 0.6) is 11.5 Å². The van der Waals surface area contributed by atoms with Crippen LogP contribution in [0, 0.1) is 0 Å². The molecular formula is C28H31N3O. The number of aromatic amines is 1. The highest BCUT2D eigenvalue weighted by molar-refractivity contribution is 5.84. The smallest absolute Gasteiger partial charge is 0.128 e. The van der Waals surface area contributed by atoms with E-state index in [0.29, 0.717) is 0 Å². The number of aromatic nitrogens is 1. The molecule has 0 radical (unpaired) electrons. The topological polar surface area (TPSA) is 31.5 Å². The zero-order chi connectivity index (χ0) is 21.6. The monoisotopic (exact) mass is 425 g/mol. The molecule has 164 valence electrons. The molecular weight excluding hydrogens is 394 g/mol. The van der Waals surface area contributed by atoms with E-state index >= 15 is 0 Å². The van der Waals surface area contributed by atoms with Gasteiger partial charge < -0.3 is 14.6 Å². The molecule has 1 N–H and O–H groups in total. The Morgan fingerprint density at radius 2 is 1.47 bits per heavy atom. The summed E-state index contributed by atoms with van der Waals surface area (Å²) >= 11 is 0. The Labute approximate surface area is 190 Å². The van der Waals surface area contributed by atoms with Crippen LogP contribution >= 0.6 is 0 Å². The number of rotatable bonds is 8. The number of hydrogen-bond donors (Lipinski definition) is 1. The lowest BCUT2D eigenvalue weighted by Crippen LogP contribution is -2.46.